The number of nitrogens with one attached hydrogen (secondary N) is 1. The molecule has 1 atom stereocenters. The molecule has 1 aromatic carbocycles. The predicted octanol–water partition coefficient (Wildman–Crippen LogP) is 5.74. The highest BCUT2D eigenvalue weighted by atomic mass is 32.2. The van der Waals surface area contributed by atoms with Gasteiger partial charge in [0.15, 0.2) is 5.82 Å². The van der Waals surface area contributed by atoms with Gasteiger partial charge in [-0.25, -0.2) is 8.42 Å². The summed E-state index contributed by atoms with van der Waals surface area (Å²) in [5, 5.41) is 14.8. The molecule has 1 aliphatic rings. The predicted molar refractivity (Wildman–Crippen MR) is 162 cm³/mol. The Hall–Kier alpha value is -3.18. The molecular formula is C28H47N5O5S. The SMILES string of the molecule is C=N/C=C(C)\C=C\c1nnc(NS(=O)(=O)[C@H](C)CC2CC(C)(C)C2)n1-c1c(OC)cccc1OC.CC.CO.[HH]. The van der Waals surface area contributed by atoms with E-state index in [9.17, 15) is 8.42 Å². The summed E-state index contributed by atoms with van der Waals surface area (Å²) >= 11 is 0. The highest BCUT2D eigenvalue weighted by molar-refractivity contribution is 7.93. The quantitative estimate of drug-likeness (QED) is 0.263. The first-order valence-corrected chi connectivity index (χ1v) is 14.5. The fourth-order valence-electron chi connectivity index (χ4n) is 4.63. The zero-order chi connectivity index (χ0) is 29.8. The molecule has 10 nitrogen and oxygen atoms in total. The number of aromatic nitrogens is 3. The molecule has 0 amide bonds. The van der Waals surface area contributed by atoms with Crippen molar-refractivity contribution >= 4 is 28.8 Å². The summed E-state index contributed by atoms with van der Waals surface area (Å²) in [4.78, 5) is 3.76. The average molecular weight is 566 g/mol. The normalized spacial score (nSPS) is 15.7. The van der Waals surface area contributed by atoms with E-state index in [1.165, 1.54) is 14.2 Å². The first kappa shape index (κ1) is 33.8. The number of benzene rings is 1. The number of allylic oxidation sites excluding steroid dienone is 2. The molecule has 0 spiro atoms. The first-order chi connectivity index (χ1) is 18.5. The van der Waals surface area contributed by atoms with Crippen LogP contribution < -0.4 is 14.2 Å². The second-order valence-corrected chi connectivity index (χ2v) is 11.8. The molecule has 0 radical (unpaired) electrons. The van der Waals surface area contributed by atoms with Crippen molar-refractivity contribution < 1.29 is 24.4 Å². The molecule has 1 fully saturated rings. The number of aliphatic hydroxyl groups excluding tert-OH is 1. The number of aliphatic hydroxyl groups is 1. The molecule has 0 aliphatic heterocycles. The number of sulfonamides is 1. The molecule has 2 aromatic rings. The van der Waals surface area contributed by atoms with Crippen molar-refractivity contribution in [1.82, 2.24) is 14.8 Å². The Balaban J connectivity index is 0.00000291. The van der Waals surface area contributed by atoms with Crippen molar-refractivity contribution in [3.8, 4) is 17.2 Å². The van der Waals surface area contributed by atoms with Gasteiger partial charge in [-0.3, -0.25) is 14.3 Å². The molecule has 1 aromatic heterocycles. The van der Waals surface area contributed by atoms with Crippen LogP contribution in [0.3, 0.4) is 0 Å². The number of rotatable bonds is 11. The molecule has 3 rings (SSSR count). The van der Waals surface area contributed by atoms with E-state index < -0.39 is 15.3 Å². The van der Waals surface area contributed by atoms with E-state index in [1.54, 1.807) is 48.0 Å². The zero-order valence-corrected chi connectivity index (χ0v) is 25.5. The monoisotopic (exact) mass is 565 g/mol. The van der Waals surface area contributed by atoms with Crippen LogP contribution in [0.15, 0.2) is 41.0 Å². The molecule has 2 N–H and O–H groups in total. The third-order valence-electron chi connectivity index (χ3n) is 6.21. The molecule has 11 heteroatoms. The first-order valence-electron chi connectivity index (χ1n) is 12.9. The summed E-state index contributed by atoms with van der Waals surface area (Å²) in [6.45, 7) is 15.5. The Morgan fingerprint density at radius 1 is 1.26 bits per heavy atom. The second kappa shape index (κ2) is 15.4. The van der Waals surface area contributed by atoms with Crippen LogP contribution in [-0.2, 0) is 10.0 Å². The second-order valence-electron chi connectivity index (χ2n) is 9.75. The van der Waals surface area contributed by atoms with E-state index in [0.29, 0.717) is 35.3 Å². The number of hydrogen-bond donors (Lipinski definition) is 2. The number of methoxy groups -OCH3 is 2. The Labute approximate surface area is 235 Å². The van der Waals surface area contributed by atoms with E-state index in [4.69, 9.17) is 14.6 Å². The maximum absolute atomic E-state index is 13.3. The third-order valence-corrected chi connectivity index (χ3v) is 7.93. The molecule has 0 bridgehead atoms. The van der Waals surface area contributed by atoms with Crippen LogP contribution in [0, 0.1) is 11.3 Å². The summed E-state index contributed by atoms with van der Waals surface area (Å²) in [5.41, 5.74) is 1.61. The Kier molecular flexibility index (Phi) is 13.4. The smallest absolute Gasteiger partial charge is 0.243 e. The molecule has 1 saturated carbocycles. The van der Waals surface area contributed by atoms with Crippen LogP contribution >= 0.6 is 0 Å². The molecule has 0 saturated heterocycles. The fourth-order valence-corrected chi connectivity index (χ4v) is 5.74. The minimum absolute atomic E-state index is 0. The van der Waals surface area contributed by atoms with Crippen molar-refractivity contribution in [2.75, 3.05) is 26.1 Å². The molecule has 39 heavy (non-hydrogen) atoms. The van der Waals surface area contributed by atoms with E-state index >= 15 is 0 Å². The summed E-state index contributed by atoms with van der Waals surface area (Å²) in [7, 11) is 0.337. The van der Waals surface area contributed by atoms with Gasteiger partial charge in [-0.1, -0.05) is 39.8 Å². The van der Waals surface area contributed by atoms with Gasteiger partial charge in [-0.2, -0.15) is 0 Å². The minimum Gasteiger partial charge on any atom is -0.494 e. The lowest BCUT2D eigenvalue weighted by Crippen LogP contribution is -2.36. The van der Waals surface area contributed by atoms with Crippen molar-refractivity contribution in [2.24, 2.45) is 16.3 Å². The summed E-state index contributed by atoms with van der Waals surface area (Å²) in [6, 6.07) is 5.31. The van der Waals surface area contributed by atoms with Gasteiger partial charge in [0.25, 0.3) is 0 Å². The number of nitrogens with zero attached hydrogens (tertiary/aromatic N) is 4. The Bertz CT molecular complexity index is 1210. The maximum Gasteiger partial charge on any atom is 0.243 e. The third kappa shape index (κ3) is 8.93. The van der Waals surface area contributed by atoms with Gasteiger partial charge < -0.3 is 14.6 Å². The number of ether oxygens (including phenoxy) is 2. The molecular weight excluding hydrogens is 518 g/mol. The maximum atomic E-state index is 13.3. The van der Waals surface area contributed by atoms with Crippen molar-refractivity contribution in [1.29, 1.82) is 0 Å². The van der Waals surface area contributed by atoms with Crippen molar-refractivity contribution in [3.63, 3.8) is 0 Å². The van der Waals surface area contributed by atoms with E-state index in [0.717, 1.165) is 25.5 Å². The van der Waals surface area contributed by atoms with Crippen LogP contribution in [0.2, 0.25) is 0 Å². The molecule has 1 aliphatic carbocycles. The van der Waals surface area contributed by atoms with Crippen molar-refractivity contribution in [3.05, 3.63) is 41.9 Å². The van der Waals surface area contributed by atoms with E-state index in [2.05, 4.69) is 40.5 Å². The van der Waals surface area contributed by atoms with Crippen LogP contribution in [-0.4, -0.2) is 61.6 Å². The van der Waals surface area contributed by atoms with Gasteiger partial charge >= 0.3 is 0 Å². The van der Waals surface area contributed by atoms with Crippen molar-refractivity contribution in [2.45, 2.75) is 66.1 Å². The Morgan fingerprint density at radius 3 is 2.31 bits per heavy atom. The highest BCUT2D eigenvalue weighted by Gasteiger charge is 2.38. The standard InChI is InChI=1S/C25H35N5O4S.C2H6.CH4O.H2/c1-17(16-26-5)11-12-22-27-28-24(30(22)23-20(33-6)9-8-10-21(23)34-7)29-35(31,32)18(2)13-19-14-25(3,4)15-19;2*1-2;/h8-12,16,18-19H,5,13-15H2,1-4,6-7H3,(H,28,29);1-2H3;2H,1H3;1H/b12-11+,17-16-;;;/t18-;;;/m1.../s1. The van der Waals surface area contributed by atoms with Gasteiger partial charge in [-0.05, 0) is 74.9 Å². The highest BCUT2D eigenvalue weighted by Crippen LogP contribution is 2.47. The Morgan fingerprint density at radius 2 is 1.82 bits per heavy atom. The van der Waals surface area contributed by atoms with Gasteiger partial charge in [0.05, 0.1) is 19.5 Å². The topological polar surface area (TPSA) is 128 Å². The summed E-state index contributed by atoms with van der Waals surface area (Å²) in [6.07, 6.45) is 7.76. The lowest BCUT2D eigenvalue weighted by atomic mass is 9.63. The lowest BCUT2D eigenvalue weighted by Gasteiger charge is -2.43. The summed E-state index contributed by atoms with van der Waals surface area (Å²) < 4.78 is 42.0. The zero-order valence-electron chi connectivity index (χ0n) is 24.7. The van der Waals surface area contributed by atoms with Gasteiger partial charge in [0, 0.05) is 14.7 Å². The number of anilines is 1. The largest absolute Gasteiger partial charge is 0.494 e. The number of hydrogen-bond acceptors (Lipinski definition) is 8. The van der Waals surface area contributed by atoms with E-state index in [1.807, 2.05) is 20.8 Å². The summed E-state index contributed by atoms with van der Waals surface area (Å²) in [5.74, 6) is 1.79. The average Bonchev–Trinajstić information content (AvgIpc) is 3.29. The van der Waals surface area contributed by atoms with Crippen LogP contribution in [0.4, 0.5) is 5.95 Å². The van der Waals surface area contributed by atoms with Gasteiger partial charge in [-0.15, -0.1) is 10.2 Å². The molecule has 220 valence electrons. The lowest BCUT2D eigenvalue weighted by molar-refractivity contribution is 0.0899. The molecule has 1 heterocycles. The van der Waals surface area contributed by atoms with Crippen LogP contribution in [0.25, 0.3) is 11.8 Å². The van der Waals surface area contributed by atoms with Crippen LogP contribution in [0.1, 0.15) is 68.1 Å². The van der Waals surface area contributed by atoms with Crippen LogP contribution in [0.5, 0.6) is 11.5 Å². The van der Waals surface area contributed by atoms with Gasteiger partial charge in [0.1, 0.15) is 17.2 Å². The number of para-hydroxylation sites is 1. The number of aliphatic imine (C=N–C) groups is 1. The fraction of sp³-hybridized carbons (Fsp3) is 0.536. The van der Waals surface area contributed by atoms with Gasteiger partial charge in [0.2, 0.25) is 16.0 Å². The molecule has 0 unspecified atom stereocenters. The van der Waals surface area contributed by atoms with E-state index in [-0.39, 0.29) is 12.8 Å². The minimum atomic E-state index is -3.73.